The molecule has 0 saturated heterocycles. The molecule has 4 N–H and O–H groups in total. The van der Waals surface area contributed by atoms with Crippen LogP contribution in [0.5, 0.6) is 0 Å². The van der Waals surface area contributed by atoms with E-state index in [1.165, 1.54) is 12.8 Å². The molecule has 0 heterocycles. The Labute approximate surface area is 218 Å². The summed E-state index contributed by atoms with van der Waals surface area (Å²) < 4.78 is 10.9. The largest absolute Gasteiger partial charge is 0.444 e. The summed E-state index contributed by atoms with van der Waals surface area (Å²) in [6.07, 6.45) is 8.45. The van der Waals surface area contributed by atoms with Gasteiger partial charge >= 0.3 is 12.2 Å². The van der Waals surface area contributed by atoms with E-state index in [1.54, 1.807) is 41.5 Å². The SMILES string of the molecule is CC(C)(C)OC(=O)N[C@@H](CC1CCCCC1)[C@H](O)[C@@H](O)[C@H](CC1CCCCC1)NC(=O)OC(C)(C)C. The third-order valence-corrected chi connectivity index (χ3v) is 7.20. The molecule has 0 radical (unpaired) electrons. The smallest absolute Gasteiger partial charge is 0.407 e. The van der Waals surface area contributed by atoms with Gasteiger partial charge in [-0.05, 0) is 66.2 Å². The molecule has 0 unspecified atom stereocenters. The minimum atomic E-state index is -1.26. The Balaban J connectivity index is 2.18. The molecule has 0 aromatic rings. The molecule has 2 aliphatic rings. The van der Waals surface area contributed by atoms with Gasteiger partial charge in [0.25, 0.3) is 0 Å². The highest BCUT2D eigenvalue weighted by Crippen LogP contribution is 2.31. The van der Waals surface area contributed by atoms with Gasteiger partial charge in [0.1, 0.15) is 23.4 Å². The van der Waals surface area contributed by atoms with Crippen LogP contribution < -0.4 is 10.6 Å². The van der Waals surface area contributed by atoms with E-state index in [0.29, 0.717) is 24.7 Å². The normalized spacial score (nSPS) is 21.7. The van der Waals surface area contributed by atoms with E-state index in [-0.39, 0.29) is 0 Å². The van der Waals surface area contributed by atoms with Gasteiger partial charge in [-0.25, -0.2) is 9.59 Å². The molecule has 2 aliphatic carbocycles. The van der Waals surface area contributed by atoms with Crippen molar-refractivity contribution in [2.75, 3.05) is 0 Å². The van der Waals surface area contributed by atoms with Crippen LogP contribution in [0, 0.1) is 11.8 Å². The van der Waals surface area contributed by atoms with Crippen LogP contribution in [0.3, 0.4) is 0 Å². The van der Waals surface area contributed by atoms with Gasteiger partial charge in [-0.1, -0.05) is 64.2 Å². The standard InChI is InChI=1S/C28H52N2O6/c1-27(2,3)35-25(33)29-21(17-19-13-9-7-10-14-19)23(31)24(32)22(18-20-15-11-8-12-16-20)30-26(34)36-28(4,5)6/h19-24,31-32H,7-18H2,1-6H3,(H,29,33)(H,30,34)/t21-,22-,23-,24-/m0/s1. The van der Waals surface area contributed by atoms with E-state index in [9.17, 15) is 19.8 Å². The molecular formula is C28H52N2O6. The second-order valence-electron chi connectivity index (χ2n) is 13.0. The van der Waals surface area contributed by atoms with Crippen molar-refractivity contribution >= 4 is 12.2 Å². The molecule has 2 amide bonds. The highest BCUT2D eigenvalue weighted by atomic mass is 16.6. The first-order chi connectivity index (χ1) is 16.7. The first-order valence-corrected chi connectivity index (χ1v) is 14.1. The Morgan fingerprint density at radius 1 is 0.667 bits per heavy atom. The van der Waals surface area contributed by atoms with E-state index in [2.05, 4.69) is 10.6 Å². The highest BCUT2D eigenvalue weighted by Gasteiger charge is 2.38. The molecule has 210 valence electrons. The average Bonchev–Trinajstić information content (AvgIpc) is 2.76. The number of hydrogen-bond acceptors (Lipinski definition) is 6. The predicted molar refractivity (Wildman–Crippen MR) is 141 cm³/mol. The fraction of sp³-hybridized carbons (Fsp3) is 0.929. The van der Waals surface area contributed by atoms with Crippen molar-refractivity contribution in [3.63, 3.8) is 0 Å². The summed E-state index contributed by atoms with van der Waals surface area (Å²) >= 11 is 0. The third kappa shape index (κ3) is 11.7. The fourth-order valence-corrected chi connectivity index (χ4v) is 5.53. The number of amides is 2. The summed E-state index contributed by atoms with van der Waals surface area (Å²) in [7, 11) is 0. The molecule has 0 bridgehead atoms. The Morgan fingerprint density at radius 2 is 0.972 bits per heavy atom. The summed E-state index contributed by atoms with van der Waals surface area (Å²) in [6, 6.07) is -1.38. The molecule has 2 fully saturated rings. The molecule has 0 aliphatic heterocycles. The molecule has 36 heavy (non-hydrogen) atoms. The summed E-state index contributed by atoms with van der Waals surface area (Å²) in [5.41, 5.74) is -1.35. The van der Waals surface area contributed by atoms with Crippen molar-refractivity contribution in [1.82, 2.24) is 10.6 Å². The first-order valence-electron chi connectivity index (χ1n) is 14.1. The number of alkyl carbamates (subject to hydrolysis) is 2. The minimum absolute atomic E-state index is 0.358. The molecule has 4 atom stereocenters. The molecule has 8 nitrogen and oxygen atoms in total. The Kier molecular flexibility index (Phi) is 11.8. The molecule has 0 aromatic carbocycles. The summed E-state index contributed by atoms with van der Waals surface area (Å²) in [5.74, 6) is 0.715. The monoisotopic (exact) mass is 512 g/mol. The summed E-state index contributed by atoms with van der Waals surface area (Å²) in [6.45, 7) is 10.7. The molecule has 8 heteroatoms. The Bertz CT molecular complexity index is 617. The van der Waals surface area contributed by atoms with Gasteiger partial charge in [0.15, 0.2) is 0 Å². The number of aliphatic hydroxyl groups is 2. The maximum Gasteiger partial charge on any atom is 0.407 e. The van der Waals surface area contributed by atoms with Crippen molar-refractivity contribution in [2.24, 2.45) is 11.8 Å². The number of nitrogens with one attached hydrogen (secondary N) is 2. The third-order valence-electron chi connectivity index (χ3n) is 7.20. The van der Waals surface area contributed by atoms with Crippen LogP contribution in [0.25, 0.3) is 0 Å². The topological polar surface area (TPSA) is 117 Å². The van der Waals surface area contributed by atoms with Crippen molar-refractivity contribution in [3.05, 3.63) is 0 Å². The van der Waals surface area contributed by atoms with Gasteiger partial charge in [-0.2, -0.15) is 0 Å². The van der Waals surface area contributed by atoms with Crippen LogP contribution >= 0.6 is 0 Å². The lowest BCUT2D eigenvalue weighted by Gasteiger charge is -2.37. The molecule has 2 saturated carbocycles. The molecular weight excluding hydrogens is 460 g/mol. The second-order valence-corrected chi connectivity index (χ2v) is 13.0. The van der Waals surface area contributed by atoms with Gasteiger partial charge < -0.3 is 30.3 Å². The molecule has 2 rings (SSSR count). The van der Waals surface area contributed by atoms with Crippen molar-refractivity contribution in [3.8, 4) is 0 Å². The van der Waals surface area contributed by atoms with Crippen LogP contribution in [-0.4, -0.2) is 57.9 Å². The number of carbonyl (C=O) groups excluding carboxylic acids is 2. The lowest BCUT2D eigenvalue weighted by atomic mass is 9.80. The van der Waals surface area contributed by atoms with Crippen LogP contribution in [0.2, 0.25) is 0 Å². The van der Waals surface area contributed by atoms with Crippen molar-refractivity contribution < 1.29 is 29.3 Å². The van der Waals surface area contributed by atoms with E-state index < -0.39 is 47.7 Å². The zero-order valence-electron chi connectivity index (χ0n) is 23.5. The highest BCUT2D eigenvalue weighted by molar-refractivity contribution is 5.68. The van der Waals surface area contributed by atoms with Gasteiger partial charge in [0.05, 0.1) is 12.1 Å². The lowest BCUT2D eigenvalue weighted by Crippen LogP contribution is -2.57. The number of rotatable bonds is 9. The Morgan fingerprint density at radius 3 is 1.25 bits per heavy atom. The minimum Gasteiger partial charge on any atom is -0.444 e. The van der Waals surface area contributed by atoms with E-state index in [0.717, 1.165) is 51.4 Å². The zero-order valence-corrected chi connectivity index (χ0v) is 23.5. The number of hydrogen-bond donors (Lipinski definition) is 4. The van der Waals surface area contributed by atoms with Gasteiger partial charge in [0, 0.05) is 0 Å². The maximum absolute atomic E-state index is 12.6. The van der Waals surface area contributed by atoms with Crippen LogP contribution in [0.4, 0.5) is 9.59 Å². The van der Waals surface area contributed by atoms with Crippen LogP contribution in [-0.2, 0) is 9.47 Å². The number of ether oxygens (including phenoxy) is 2. The summed E-state index contributed by atoms with van der Waals surface area (Å²) in [4.78, 5) is 25.3. The van der Waals surface area contributed by atoms with Crippen molar-refractivity contribution in [1.29, 1.82) is 0 Å². The van der Waals surface area contributed by atoms with Gasteiger partial charge in [-0.15, -0.1) is 0 Å². The van der Waals surface area contributed by atoms with E-state index in [4.69, 9.17) is 9.47 Å². The Hall–Kier alpha value is -1.54. The average molecular weight is 513 g/mol. The predicted octanol–water partition coefficient (Wildman–Crippen LogP) is 5.44. The van der Waals surface area contributed by atoms with E-state index >= 15 is 0 Å². The number of aliphatic hydroxyl groups excluding tert-OH is 2. The van der Waals surface area contributed by atoms with Gasteiger partial charge in [-0.3, -0.25) is 0 Å². The van der Waals surface area contributed by atoms with Crippen LogP contribution in [0.15, 0.2) is 0 Å². The molecule has 0 spiro atoms. The van der Waals surface area contributed by atoms with Crippen molar-refractivity contribution in [2.45, 2.75) is 154 Å². The second kappa shape index (κ2) is 13.8. The van der Waals surface area contributed by atoms with E-state index in [1.807, 2.05) is 0 Å². The first kappa shape index (κ1) is 30.7. The molecule has 0 aromatic heterocycles. The van der Waals surface area contributed by atoms with Gasteiger partial charge in [0.2, 0.25) is 0 Å². The fourth-order valence-electron chi connectivity index (χ4n) is 5.53. The number of carbonyl (C=O) groups is 2. The lowest BCUT2D eigenvalue weighted by molar-refractivity contribution is -0.0384. The quantitative estimate of drug-likeness (QED) is 0.327. The summed E-state index contributed by atoms with van der Waals surface area (Å²) in [5, 5.41) is 28.4. The zero-order chi connectivity index (χ0) is 26.9. The maximum atomic E-state index is 12.6. The van der Waals surface area contributed by atoms with Crippen LogP contribution in [0.1, 0.15) is 119 Å².